The Bertz CT molecular complexity index is 1310. The number of amides is 1. The summed E-state index contributed by atoms with van der Waals surface area (Å²) in [6.45, 7) is 3.34. The first-order chi connectivity index (χ1) is 18.4. The second-order valence-corrected chi connectivity index (χ2v) is 10.8. The lowest BCUT2D eigenvalue weighted by Crippen LogP contribution is -2.32. The Hall–Kier alpha value is -3.49. The highest BCUT2D eigenvalue weighted by Gasteiger charge is 2.42. The largest absolute Gasteiger partial charge is 0.481 e. The molecule has 1 amide bonds. The first-order valence-corrected chi connectivity index (χ1v) is 13.1. The number of carbonyl (C=O) groups excluding carboxylic acids is 1. The number of allylic oxidation sites excluding steroid dienone is 1. The maximum atomic E-state index is 15.6. The fourth-order valence-corrected chi connectivity index (χ4v) is 5.77. The summed E-state index contributed by atoms with van der Waals surface area (Å²) in [6, 6.07) is 9.73. The molecule has 2 aliphatic rings. The highest BCUT2D eigenvalue weighted by Crippen LogP contribution is 2.42. The molecule has 5 nitrogen and oxygen atoms in total. The van der Waals surface area contributed by atoms with Gasteiger partial charge in [0.1, 0.15) is 5.82 Å². The Balaban J connectivity index is 1.62. The zero-order valence-electron chi connectivity index (χ0n) is 21.9. The third-order valence-corrected chi connectivity index (χ3v) is 7.94. The summed E-state index contributed by atoms with van der Waals surface area (Å²) >= 11 is 0. The highest BCUT2D eigenvalue weighted by molar-refractivity contribution is 5.97. The zero-order valence-corrected chi connectivity index (χ0v) is 21.9. The van der Waals surface area contributed by atoms with Gasteiger partial charge in [0.15, 0.2) is 0 Å². The number of carboxylic acids is 1. The number of hydrogen-bond donors (Lipinski definition) is 2. The van der Waals surface area contributed by atoms with Crippen LogP contribution in [-0.2, 0) is 21.4 Å². The molecule has 2 N–H and O–H groups in total. The molecule has 208 valence electrons. The van der Waals surface area contributed by atoms with Gasteiger partial charge in [-0.3, -0.25) is 14.6 Å². The Morgan fingerprint density at radius 3 is 2.54 bits per heavy atom. The van der Waals surface area contributed by atoms with Gasteiger partial charge >= 0.3 is 12.1 Å². The Labute approximate surface area is 225 Å². The molecule has 0 radical (unpaired) electrons. The number of rotatable bonds is 8. The first kappa shape index (κ1) is 28.5. The molecule has 4 rings (SSSR count). The molecular formula is C30H32F4N2O3. The molecule has 0 saturated heterocycles. The van der Waals surface area contributed by atoms with E-state index in [0.29, 0.717) is 17.7 Å². The molecule has 39 heavy (non-hydrogen) atoms. The average Bonchev–Trinajstić information content (AvgIpc) is 3.38. The lowest BCUT2D eigenvalue weighted by molar-refractivity contribution is -0.137. The minimum absolute atomic E-state index is 0.00246. The fourth-order valence-electron chi connectivity index (χ4n) is 5.77. The van der Waals surface area contributed by atoms with Crippen molar-refractivity contribution < 1.29 is 32.3 Å². The molecule has 2 atom stereocenters. The Morgan fingerprint density at radius 2 is 1.90 bits per heavy atom. The van der Waals surface area contributed by atoms with Gasteiger partial charge in [-0.2, -0.15) is 13.2 Å². The number of nitrogens with zero attached hydrogens (tertiary/aromatic N) is 1. The second-order valence-electron chi connectivity index (χ2n) is 10.8. The molecule has 2 unspecified atom stereocenters. The summed E-state index contributed by atoms with van der Waals surface area (Å²) in [5.41, 5.74) is 0.636. The number of aliphatic imine (C=N–C) groups is 1. The van der Waals surface area contributed by atoms with Gasteiger partial charge < -0.3 is 10.4 Å². The topological polar surface area (TPSA) is 78.8 Å². The molecule has 2 aromatic carbocycles. The number of halogens is 4. The molecule has 1 aliphatic heterocycles. The minimum Gasteiger partial charge on any atom is -0.481 e. The molecule has 0 aromatic heterocycles. The van der Waals surface area contributed by atoms with Crippen molar-refractivity contribution in [2.24, 2.45) is 10.9 Å². The van der Waals surface area contributed by atoms with Crippen LogP contribution in [0.5, 0.6) is 0 Å². The van der Waals surface area contributed by atoms with Gasteiger partial charge in [-0.15, -0.1) is 0 Å². The van der Waals surface area contributed by atoms with Crippen LogP contribution in [0.4, 0.5) is 23.2 Å². The number of aryl methyl sites for hydroxylation is 1. The van der Waals surface area contributed by atoms with Crippen LogP contribution in [0.25, 0.3) is 0 Å². The molecule has 1 aliphatic carbocycles. The van der Waals surface area contributed by atoms with E-state index in [1.54, 1.807) is 18.2 Å². The monoisotopic (exact) mass is 544 g/mol. The van der Waals surface area contributed by atoms with Gasteiger partial charge in [0.2, 0.25) is 5.91 Å². The van der Waals surface area contributed by atoms with E-state index in [1.165, 1.54) is 25.3 Å². The van der Waals surface area contributed by atoms with Crippen molar-refractivity contribution in [2.45, 2.75) is 76.3 Å². The number of hydrogen-bond acceptors (Lipinski definition) is 3. The van der Waals surface area contributed by atoms with Crippen LogP contribution in [0.2, 0.25) is 0 Å². The first-order valence-electron chi connectivity index (χ1n) is 13.1. The summed E-state index contributed by atoms with van der Waals surface area (Å²) in [7, 11) is 0. The second kappa shape index (κ2) is 11.3. The predicted octanol–water partition coefficient (Wildman–Crippen LogP) is 7.24. The number of carboxylic acid groups (broad SMARTS) is 1. The number of alkyl halides is 3. The number of carbonyl (C=O) groups is 2. The summed E-state index contributed by atoms with van der Waals surface area (Å²) in [5, 5.41) is 12.0. The van der Waals surface area contributed by atoms with E-state index >= 15 is 4.39 Å². The average molecular weight is 545 g/mol. The summed E-state index contributed by atoms with van der Waals surface area (Å²) in [4.78, 5) is 28.4. The van der Waals surface area contributed by atoms with Gasteiger partial charge in [0.25, 0.3) is 0 Å². The van der Waals surface area contributed by atoms with Crippen LogP contribution in [0, 0.1) is 18.7 Å². The lowest BCUT2D eigenvalue weighted by atomic mass is 9.75. The Morgan fingerprint density at radius 1 is 1.18 bits per heavy atom. The summed E-state index contributed by atoms with van der Waals surface area (Å²) in [5.74, 6) is -2.52. The van der Waals surface area contributed by atoms with E-state index in [2.05, 4.69) is 10.3 Å². The highest BCUT2D eigenvalue weighted by atomic mass is 19.4. The predicted molar refractivity (Wildman–Crippen MR) is 141 cm³/mol. The molecule has 0 spiro atoms. The van der Waals surface area contributed by atoms with Gasteiger partial charge in [0.05, 0.1) is 11.5 Å². The zero-order chi connectivity index (χ0) is 28.4. The number of anilines is 1. The Kier molecular flexibility index (Phi) is 8.28. The number of nitrogens with one attached hydrogen (secondary N) is 1. The molecule has 2 aromatic rings. The fraction of sp³-hybridized carbons (Fsp3) is 0.433. The van der Waals surface area contributed by atoms with E-state index < -0.39 is 41.3 Å². The molecule has 9 heteroatoms. The van der Waals surface area contributed by atoms with Crippen LogP contribution in [0.1, 0.15) is 73.6 Å². The van der Waals surface area contributed by atoms with Crippen molar-refractivity contribution in [3.63, 3.8) is 0 Å². The van der Waals surface area contributed by atoms with Crippen LogP contribution in [0.15, 0.2) is 53.2 Å². The van der Waals surface area contributed by atoms with Crippen molar-refractivity contribution in [2.75, 3.05) is 5.32 Å². The molecule has 1 heterocycles. The SMILES string of the molecule is Cc1c(CCC(=O)O)cccc1NC(=O)C(c1ccc(C2(C)C=NC=C(C(F)(F)F)C2)c(F)c1)C1CCCC1. The van der Waals surface area contributed by atoms with Gasteiger partial charge in [-0.05, 0) is 72.9 Å². The van der Waals surface area contributed by atoms with Gasteiger partial charge in [0, 0.05) is 29.9 Å². The van der Waals surface area contributed by atoms with Crippen LogP contribution < -0.4 is 5.32 Å². The maximum absolute atomic E-state index is 15.6. The normalized spacial score (nSPS) is 20.5. The van der Waals surface area contributed by atoms with Crippen molar-refractivity contribution >= 4 is 23.8 Å². The lowest BCUT2D eigenvalue weighted by Gasteiger charge is -2.31. The number of aliphatic carboxylic acids is 1. The van der Waals surface area contributed by atoms with Crippen LogP contribution >= 0.6 is 0 Å². The maximum Gasteiger partial charge on any atom is 0.414 e. The summed E-state index contributed by atoms with van der Waals surface area (Å²) < 4.78 is 55.6. The third-order valence-electron chi connectivity index (χ3n) is 7.94. The van der Waals surface area contributed by atoms with Crippen LogP contribution in [0.3, 0.4) is 0 Å². The van der Waals surface area contributed by atoms with Crippen molar-refractivity contribution in [1.29, 1.82) is 0 Å². The van der Waals surface area contributed by atoms with E-state index in [-0.39, 0.29) is 23.8 Å². The smallest absolute Gasteiger partial charge is 0.414 e. The standard InChI is InChI=1S/C30H32F4N2O3/c1-18-19(11-13-26(37)38)8-5-9-25(18)36-28(39)27(20-6-3-4-7-20)21-10-12-23(24(31)14-21)29(2)15-22(16-35-17-29)30(32,33)34/h5,8-10,12,14,16-17,20,27H,3-4,6-7,11,13,15H2,1-2H3,(H,36,39)(H,37,38). The third kappa shape index (κ3) is 6.40. The minimum atomic E-state index is -4.55. The van der Waals surface area contributed by atoms with Crippen molar-refractivity contribution in [3.05, 3.63) is 76.2 Å². The summed E-state index contributed by atoms with van der Waals surface area (Å²) in [6.07, 6.45) is 0.959. The van der Waals surface area contributed by atoms with Gasteiger partial charge in [-0.25, -0.2) is 4.39 Å². The molecule has 1 fully saturated rings. The van der Waals surface area contributed by atoms with Gasteiger partial charge in [-0.1, -0.05) is 44.0 Å². The van der Waals surface area contributed by atoms with E-state index in [4.69, 9.17) is 5.11 Å². The molecule has 0 bridgehead atoms. The van der Waals surface area contributed by atoms with E-state index in [1.807, 2.05) is 13.0 Å². The van der Waals surface area contributed by atoms with E-state index in [9.17, 15) is 22.8 Å². The van der Waals surface area contributed by atoms with Crippen LogP contribution in [-0.4, -0.2) is 29.4 Å². The van der Waals surface area contributed by atoms with E-state index in [0.717, 1.165) is 43.0 Å². The van der Waals surface area contributed by atoms with Crippen molar-refractivity contribution in [3.8, 4) is 0 Å². The molecular weight excluding hydrogens is 512 g/mol. The van der Waals surface area contributed by atoms with Crippen molar-refractivity contribution in [1.82, 2.24) is 0 Å². The number of benzene rings is 2. The quantitative estimate of drug-likeness (QED) is 0.344. The molecule has 1 saturated carbocycles.